The van der Waals surface area contributed by atoms with Gasteiger partial charge in [0.2, 0.25) is 0 Å². The number of fused-ring (bicyclic) bond motifs is 1. The van der Waals surface area contributed by atoms with E-state index in [0.717, 1.165) is 45.4 Å². The zero-order valence-corrected chi connectivity index (χ0v) is 35.3. The van der Waals surface area contributed by atoms with Gasteiger partial charge in [-0.3, -0.25) is 9.55 Å². The van der Waals surface area contributed by atoms with Crippen LogP contribution in [-0.4, -0.2) is 19.6 Å². The molecule has 0 unspecified atom stereocenters. The molecule has 0 aliphatic rings. The number of pyridine rings is 1. The second-order valence-corrected chi connectivity index (χ2v) is 15.9. The van der Waals surface area contributed by atoms with Gasteiger partial charge >= 0.3 is 0 Å². The van der Waals surface area contributed by atoms with E-state index in [9.17, 15) is 6.48 Å². The van der Waals surface area contributed by atoms with Crippen LogP contribution in [0.2, 0.25) is 0 Å². The fraction of sp³-hybridized carbons (Fsp3) is 0.192. The van der Waals surface area contributed by atoms with Crippen molar-refractivity contribution in [2.75, 3.05) is 0 Å². The van der Waals surface area contributed by atoms with Crippen molar-refractivity contribution in [2.45, 2.75) is 60.3 Å². The van der Waals surface area contributed by atoms with E-state index in [0.29, 0.717) is 39.5 Å². The average Bonchev–Trinajstić information content (AvgIpc) is 3.65. The Bertz CT molecular complexity index is 3150. The SMILES string of the molecule is [2H]c1nc(-c2[c-]c(-c3cccc4c3nc(-c3cc(C)cc(C)c3O)n4-c3ccc(CC(C)C)cc3-c3ccccc3)cc(C(C)(C)C)c2)c([2H])c(-c2c([2H])c([2H])c([2H])c([2H])c2[2H])c1[2H].[Pt]. The van der Waals surface area contributed by atoms with E-state index in [1.807, 2.05) is 74.5 Å². The van der Waals surface area contributed by atoms with Crippen molar-refractivity contribution in [3.63, 3.8) is 0 Å². The third-order valence-corrected chi connectivity index (χ3v) is 10.0. The molecule has 0 saturated carbocycles. The van der Waals surface area contributed by atoms with Crippen LogP contribution in [0.5, 0.6) is 5.75 Å². The molecule has 0 atom stereocenters. The molecule has 6 aromatic carbocycles. The van der Waals surface area contributed by atoms with E-state index in [-0.39, 0.29) is 49.7 Å². The predicted molar refractivity (Wildman–Crippen MR) is 233 cm³/mol. The summed E-state index contributed by atoms with van der Waals surface area (Å²) in [5.41, 5.74) is 9.14. The fourth-order valence-corrected chi connectivity index (χ4v) is 7.32. The first-order valence-electron chi connectivity index (χ1n) is 22.9. The molecule has 57 heavy (non-hydrogen) atoms. The Hall–Kier alpha value is -5.57. The summed E-state index contributed by atoms with van der Waals surface area (Å²) in [7, 11) is 0. The van der Waals surface area contributed by atoms with Crippen LogP contribution in [0.3, 0.4) is 0 Å². The molecule has 0 amide bonds. The Morgan fingerprint density at radius 3 is 2.26 bits per heavy atom. The Morgan fingerprint density at radius 2 is 1.53 bits per heavy atom. The Labute approximate surface area is 362 Å². The predicted octanol–water partition coefficient (Wildman–Crippen LogP) is 13.4. The van der Waals surface area contributed by atoms with E-state index in [2.05, 4.69) is 80.6 Å². The molecule has 4 nitrogen and oxygen atoms in total. The molecule has 288 valence electrons. The number of aryl methyl sites for hydroxylation is 2. The number of benzene rings is 6. The van der Waals surface area contributed by atoms with Gasteiger partial charge in [-0.2, -0.15) is 0 Å². The van der Waals surface area contributed by atoms with Gasteiger partial charge in [0.1, 0.15) is 11.6 Å². The maximum atomic E-state index is 11.8. The molecule has 2 aromatic heterocycles. The van der Waals surface area contributed by atoms with E-state index in [4.69, 9.17) is 14.6 Å². The normalized spacial score (nSPS) is 13.5. The van der Waals surface area contributed by atoms with Crippen LogP contribution in [0.1, 0.15) is 67.8 Å². The summed E-state index contributed by atoms with van der Waals surface area (Å²) in [6.45, 7) is 14.4. The average molecular weight is 934 g/mol. The molecule has 0 saturated heterocycles. The van der Waals surface area contributed by atoms with Crippen LogP contribution in [0, 0.1) is 25.8 Å². The molecule has 1 N–H and O–H groups in total. The standard InChI is InChI=1S/C52H48N3O.Pt/c1-33(2)25-36-21-22-47(44(28-36)38-17-12-9-13-18-38)55-48-20-14-19-43(49(48)54-51(55)45-27-34(3)26-35(4)50(45)56)40-29-41(31-42(30-40)52(5,6)7)46-32-39(23-24-53-46)37-15-10-8-11-16-37;/h8-24,26-28,30-33,56H,25H2,1-7H3;/q-1;/i8D,10D,11D,15D,16D,23D,24D,32D;. The summed E-state index contributed by atoms with van der Waals surface area (Å²) < 4.78 is 71.2. The van der Waals surface area contributed by atoms with Crippen molar-refractivity contribution < 1.29 is 37.1 Å². The molecule has 0 aliphatic heterocycles. The minimum Gasteiger partial charge on any atom is -0.507 e. The molecule has 0 aliphatic carbocycles. The summed E-state index contributed by atoms with van der Waals surface area (Å²) in [6.07, 6.45) is 0.379. The smallest absolute Gasteiger partial charge is 0.148 e. The van der Waals surface area contributed by atoms with E-state index in [1.165, 1.54) is 5.56 Å². The van der Waals surface area contributed by atoms with E-state index >= 15 is 0 Å². The van der Waals surface area contributed by atoms with Crippen LogP contribution in [0.15, 0.2) is 139 Å². The number of phenolic OH excluding ortho intramolecular Hbond substituents is 1. The largest absolute Gasteiger partial charge is 0.507 e. The second-order valence-electron chi connectivity index (χ2n) is 15.9. The molecule has 0 spiro atoms. The van der Waals surface area contributed by atoms with Crippen molar-refractivity contribution in [1.29, 1.82) is 0 Å². The van der Waals surface area contributed by atoms with Crippen molar-refractivity contribution >= 4 is 11.0 Å². The maximum absolute atomic E-state index is 11.8. The number of hydrogen-bond acceptors (Lipinski definition) is 3. The number of aromatic hydroxyl groups is 1. The number of hydrogen-bond donors (Lipinski definition) is 1. The monoisotopic (exact) mass is 933 g/mol. The molecule has 0 bridgehead atoms. The molecule has 8 aromatic rings. The Balaban J connectivity index is 0.00000630. The molecular weight excluding hydrogens is 878 g/mol. The topological polar surface area (TPSA) is 50.9 Å². The first-order chi connectivity index (χ1) is 30.3. The number of phenols is 1. The van der Waals surface area contributed by atoms with Crippen LogP contribution >= 0.6 is 0 Å². The summed E-state index contributed by atoms with van der Waals surface area (Å²) in [5, 5.41) is 11.8. The van der Waals surface area contributed by atoms with Crippen LogP contribution < -0.4 is 0 Å². The van der Waals surface area contributed by atoms with E-state index < -0.39 is 47.8 Å². The number of aromatic nitrogens is 3. The van der Waals surface area contributed by atoms with Gasteiger partial charge in [-0.15, -0.1) is 29.3 Å². The van der Waals surface area contributed by atoms with Crippen molar-refractivity contribution in [2.24, 2.45) is 5.92 Å². The minimum atomic E-state index is -0.605. The Morgan fingerprint density at radius 1 is 0.772 bits per heavy atom. The van der Waals surface area contributed by atoms with Crippen LogP contribution in [-0.2, 0) is 32.9 Å². The molecule has 2 heterocycles. The van der Waals surface area contributed by atoms with Gasteiger partial charge < -0.3 is 5.11 Å². The number of imidazole rings is 1. The molecule has 0 fully saturated rings. The maximum Gasteiger partial charge on any atom is 0.148 e. The van der Waals surface area contributed by atoms with Crippen LogP contribution in [0.25, 0.3) is 72.7 Å². The summed E-state index contributed by atoms with van der Waals surface area (Å²) in [5.74, 6) is 1.10. The summed E-state index contributed by atoms with van der Waals surface area (Å²) in [4.78, 5) is 9.82. The van der Waals surface area contributed by atoms with Gasteiger partial charge in [0.15, 0.2) is 0 Å². The summed E-state index contributed by atoms with van der Waals surface area (Å²) in [6, 6.07) is 30.1. The molecule has 0 radical (unpaired) electrons. The molecule has 5 heteroatoms. The number of rotatable bonds is 8. The third-order valence-electron chi connectivity index (χ3n) is 10.0. The number of nitrogens with zero attached hydrogens (tertiary/aromatic N) is 3. The van der Waals surface area contributed by atoms with Gasteiger partial charge in [0.25, 0.3) is 0 Å². The van der Waals surface area contributed by atoms with Gasteiger partial charge in [0, 0.05) is 38.5 Å². The summed E-state index contributed by atoms with van der Waals surface area (Å²) >= 11 is 0. The molecule has 8 rings (SSSR count). The quantitative estimate of drug-likeness (QED) is 0.154. The Kier molecular flexibility index (Phi) is 8.64. The van der Waals surface area contributed by atoms with E-state index in [1.54, 1.807) is 0 Å². The zero-order valence-electron chi connectivity index (χ0n) is 41.0. The van der Waals surface area contributed by atoms with Gasteiger partial charge in [-0.05, 0) is 95.3 Å². The number of para-hydroxylation sites is 1. The fourth-order valence-electron chi connectivity index (χ4n) is 7.32. The van der Waals surface area contributed by atoms with Crippen LogP contribution in [0.4, 0.5) is 0 Å². The zero-order chi connectivity index (χ0) is 46.1. The first-order valence-corrected chi connectivity index (χ1v) is 18.9. The second kappa shape index (κ2) is 16.1. The van der Waals surface area contributed by atoms with Gasteiger partial charge in [-0.1, -0.05) is 137 Å². The van der Waals surface area contributed by atoms with Gasteiger partial charge in [0.05, 0.1) is 33.3 Å². The van der Waals surface area contributed by atoms with Crippen molar-refractivity contribution in [3.8, 4) is 67.5 Å². The van der Waals surface area contributed by atoms with Crippen molar-refractivity contribution in [3.05, 3.63) is 168 Å². The third kappa shape index (κ3) is 8.02. The minimum absolute atomic E-state index is 0. The first kappa shape index (κ1) is 30.6. The molecular formula is C52H48N3OPt-. The van der Waals surface area contributed by atoms with Crippen molar-refractivity contribution in [1.82, 2.24) is 14.5 Å². The van der Waals surface area contributed by atoms with Gasteiger partial charge in [-0.25, -0.2) is 4.98 Å².